The molecule has 3 aromatic rings. The highest BCUT2D eigenvalue weighted by molar-refractivity contribution is 7.89. The Bertz CT molecular complexity index is 1180. The number of aromatic nitrogens is 4. The Balaban J connectivity index is 1.42. The molecule has 0 saturated carbocycles. The van der Waals surface area contributed by atoms with Gasteiger partial charge in [-0.3, -0.25) is 9.89 Å². The molecule has 1 aromatic carbocycles. The van der Waals surface area contributed by atoms with Crippen LogP contribution >= 0.6 is 0 Å². The van der Waals surface area contributed by atoms with Gasteiger partial charge in [-0.1, -0.05) is 0 Å². The summed E-state index contributed by atoms with van der Waals surface area (Å²) in [6.07, 6.45) is 3.18. The summed E-state index contributed by atoms with van der Waals surface area (Å²) >= 11 is 0. The molecular formula is C20H24N6O4S. The molecule has 0 aliphatic carbocycles. The average Bonchev–Trinajstić information content (AvgIpc) is 3.53. The van der Waals surface area contributed by atoms with Gasteiger partial charge in [0.15, 0.2) is 5.82 Å². The smallest absolute Gasteiger partial charge is 0.268 e. The highest BCUT2D eigenvalue weighted by Gasteiger charge is 2.29. The summed E-state index contributed by atoms with van der Waals surface area (Å²) in [6.45, 7) is 1.16. The van der Waals surface area contributed by atoms with Crippen LogP contribution in [0.2, 0.25) is 0 Å². The van der Waals surface area contributed by atoms with E-state index in [4.69, 9.17) is 4.74 Å². The number of carbonyl (C=O) groups excluding carboxylic acids is 1. The molecular weight excluding hydrogens is 420 g/mol. The van der Waals surface area contributed by atoms with Gasteiger partial charge in [-0.05, 0) is 43.2 Å². The minimum absolute atomic E-state index is 0.126. The monoisotopic (exact) mass is 444 g/mol. The lowest BCUT2D eigenvalue weighted by atomic mass is 10.2. The van der Waals surface area contributed by atoms with Gasteiger partial charge in [0.2, 0.25) is 10.0 Å². The van der Waals surface area contributed by atoms with Gasteiger partial charge in [0.1, 0.15) is 22.2 Å². The largest absolute Gasteiger partial charge is 0.497 e. The Hall–Kier alpha value is -3.18. The van der Waals surface area contributed by atoms with E-state index in [1.165, 1.54) is 21.1 Å². The Morgan fingerprint density at radius 1 is 1.23 bits per heavy atom. The number of H-pyrrole nitrogens is 1. The second-order valence-electron chi connectivity index (χ2n) is 7.30. The number of benzene rings is 1. The van der Waals surface area contributed by atoms with Gasteiger partial charge in [-0.15, -0.1) is 0 Å². The molecule has 0 radical (unpaired) electrons. The predicted octanol–water partition coefficient (Wildman–Crippen LogP) is 1.53. The molecule has 2 aromatic heterocycles. The number of hydrogen-bond donors (Lipinski definition) is 2. The molecule has 11 heteroatoms. The maximum atomic E-state index is 12.7. The van der Waals surface area contributed by atoms with Crippen molar-refractivity contribution in [3.63, 3.8) is 0 Å². The van der Waals surface area contributed by atoms with Crippen molar-refractivity contribution in [1.82, 2.24) is 29.4 Å². The van der Waals surface area contributed by atoms with E-state index in [2.05, 4.69) is 20.5 Å². The van der Waals surface area contributed by atoms with E-state index < -0.39 is 15.9 Å². The van der Waals surface area contributed by atoms with Crippen molar-refractivity contribution in [3.05, 3.63) is 48.0 Å². The van der Waals surface area contributed by atoms with Gasteiger partial charge in [-0.2, -0.15) is 9.40 Å². The van der Waals surface area contributed by atoms with Crippen LogP contribution in [0, 0.1) is 0 Å². The summed E-state index contributed by atoms with van der Waals surface area (Å²) in [7, 11) is -0.334. The number of methoxy groups -OCH3 is 1. The number of aromatic amines is 1. The zero-order valence-corrected chi connectivity index (χ0v) is 18.1. The molecule has 10 nitrogen and oxygen atoms in total. The Labute approximate surface area is 180 Å². The van der Waals surface area contributed by atoms with E-state index in [-0.39, 0.29) is 17.1 Å². The average molecular weight is 445 g/mol. The maximum Gasteiger partial charge on any atom is 0.268 e. The van der Waals surface area contributed by atoms with E-state index in [9.17, 15) is 13.2 Å². The Morgan fingerprint density at radius 3 is 2.61 bits per heavy atom. The topological polar surface area (TPSA) is 122 Å². The first-order valence-corrected chi connectivity index (χ1v) is 11.3. The highest BCUT2D eigenvalue weighted by Crippen LogP contribution is 2.23. The normalized spacial score (nSPS) is 14.6. The van der Waals surface area contributed by atoms with E-state index in [0.29, 0.717) is 24.7 Å². The number of hydrogen-bond acceptors (Lipinski definition) is 6. The molecule has 0 atom stereocenters. The minimum Gasteiger partial charge on any atom is -0.497 e. The van der Waals surface area contributed by atoms with E-state index in [1.807, 2.05) is 24.3 Å². The van der Waals surface area contributed by atoms with Crippen molar-refractivity contribution < 1.29 is 17.9 Å². The maximum absolute atomic E-state index is 12.7. The lowest BCUT2D eigenvalue weighted by Gasteiger charge is -2.13. The van der Waals surface area contributed by atoms with Crippen molar-refractivity contribution in [2.45, 2.75) is 24.3 Å². The molecule has 1 aliphatic heterocycles. The van der Waals surface area contributed by atoms with Crippen LogP contribution in [0.3, 0.4) is 0 Å². The molecule has 0 bridgehead atoms. The molecule has 0 spiro atoms. The van der Waals surface area contributed by atoms with Crippen molar-refractivity contribution in [2.75, 3.05) is 20.2 Å². The number of sulfonamides is 1. The van der Waals surface area contributed by atoms with Crippen LogP contribution in [0.15, 0.2) is 41.4 Å². The second kappa shape index (κ2) is 8.52. The first-order valence-electron chi connectivity index (χ1n) is 9.89. The SMILES string of the molecule is COc1ccc(-c2n[nH]c(CNC(=O)c3cc(S(=O)(=O)N4CCCC4)cn3C)n2)cc1. The van der Waals surface area contributed by atoms with Crippen LogP contribution in [0.4, 0.5) is 0 Å². The number of carbonyl (C=O) groups is 1. The van der Waals surface area contributed by atoms with Gasteiger partial charge < -0.3 is 14.6 Å². The fourth-order valence-electron chi connectivity index (χ4n) is 3.48. The van der Waals surface area contributed by atoms with Gasteiger partial charge in [-0.25, -0.2) is 13.4 Å². The van der Waals surface area contributed by atoms with Crippen molar-refractivity contribution in [1.29, 1.82) is 0 Å². The Morgan fingerprint density at radius 2 is 1.94 bits per heavy atom. The van der Waals surface area contributed by atoms with Crippen LogP contribution < -0.4 is 10.1 Å². The molecule has 0 unspecified atom stereocenters. The van der Waals surface area contributed by atoms with Gasteiger partial charge in [0.25, 0.3) is 5.91 Å². The third kappa shape index (κ3) is 4.32. The first kappa shape index (κ1) is 21.1. The summed E-state index contributed by atoms with van der Waals surface area (Å²) in [5.41, 5.74) is 1.07. The zero-order chi connectivity index (χ0) is 22.0. The van der Waals surface area contributed by atoms with Crippen molar-refractivity contribution in [3.8, 4) is 17.1 Å². The van der Waals surface area contributed by atoms with Gasteiger partial charge in [0, 0.05) is 31.9 Å². The van der Waals surface area contributed by atoms with Gasteiger partial charge >= 0.3 is 0 Å². The van der Waals surface area contributed by atoms with Crippen LogP contribution in [0.25, 0.3) is 11.4 Å². The molecule has 164 valence electrons. The summed E-state index contributed by atoms with van der Waals surface area (Å²) in [5, 5.41) is 9.73. The molecule has 4 rings (SSSR count). The van der Waals surface area contributed by atoms with Gasteiger partial charge in [0.05, 0.1) is 13.7 Å². The third-order valence-electron chi connectivity index (χ3n) is 5.21. The van der Waals surface area contributed by atoms with Crippen LogP contribution in [-0.4, -0.2) is 58.6 Å². The van der Waals surface area contributed by atoms with E-state index in [1.54, 1.807) is 14.2 Å². The molecule has 31 heavy (non-hydrogen) atoms. The standard InChI is InChI=1S/C20H24N6O4S/c1-25-13-16(31(28,29)26-9-3-4-10-26)11-17(25)20(27)21-12-18-22-19(24-23-18)14-5-7-15(30-2)8-6-14/h5-8,11,13H,3-4,9-10,12H2,1-2H3,(H,21,27)(H,22,23,24). The number of nitrogens with one attached hydrogen (secondary N) is 2. The number of nitrogens with zero attached hydrogens (tertiary/aromatic N) is 4. The van der Waals surface area contributed by atoms with Crippen LogP contribution in [0.1, 0.15) is 29.2 Å². The molecule has 2 N–H and O–H groups in total. The minimum atomic E-state index is -3.58. The molecule has 1 amide bonds. The van der Waals surface area contributed by atoms with Crippen LogP contribution in [-0.2, 0) is 23.6 Å². The summed E-state index contributed by atoms with van der Waals surface area (Å²) < 4.78 is 33.6. The predicted molar refractivity (Wildman–Crippen MR) is 113 cm³/mol. The lowest BCUT2D eigenvalue weighted by molar-refractivity contribution is 0.0941. The lowest BCUT2D eigenvalue weighted by Crippen LogP contribution is -2.27. The summed E-state index contributed by atoms with van der Waals surface area (Å²) in [6, 6.07) is 8.73. The second-order valence-corrected chi connectivity index (χ2v) is 9.24. The van der Waals surface area contributed by atoms with E-state index in [0.717, 1.165) is 24.2 Å². The fourth-order valence-corrected chi connectivity index (χ4v) is 5.07. The first-order chi connectivity index (χ1) is 14.9. The molecule has 1 saturated heterocycles. The quantitative estimate of drug-likeness (QED) is 0.570. The number of rotatable bonds is 7. The number of ether oxygens (including phenoxy) is 1. The van der Waals surface area contributed by atoms with Crippen molar-refractivity contribution >= 4 is 15.9 Å². The van der Waals surface area contributed by atoms with Crippen molar-refractivity contribution in [2.24, 2.45) is 7.05 Å². The number of amides is 1. The van der Waals surface area contributed by atoms with Crippen LogP contribution in [0.5, 0.6) is 5.75 Å². The third-order valence-corrected chi connectivity index (χ3v) is 7.08. The summed E-state index contributed by atoms with van der Waals surface area (Å²) in [5.74, 6) is 1.33. The van der Waals surface area contributed by atoms with E-state index >= 15 is 0 Å². The Kier molecular flexibility index (Phi) is 5.79. The zero-order valence-electron chi connectivity index (χ0n) is 17.3. The number of aryl methyl sites for hydroxylation is 1. The summed E-state index contributed by atoms with van der Waals surface area (Å²) in [4.78, 5) is 17.1. The fraction of sp³-hybridized carbons (Fsp3) is 0.350. The molecule has 1 fully saturated rings. The molecule has 1 aliphatic rings. The molecule has 3 heterocycles. The highest BCUT2D eigenvalue weighted by atomic mass is 32.2.